The van der Waals surface area contributed by atoms with Crippen molar-refractivity contribution in [1.82, 2.24) is 18.9 Å². The van der Waals surface area contributed by atoms with E-state index in [0.29, 0.717) is 12.0 Å². The molecule has 2 heterocycles. The first-order valence-corrected chi connectivity index (χ1v) is 10.0. The first kappa shape index (κ1) is 17.6. The van der Waals surface area contributed by atoms with Crippen LogP contribution in [0.5, 0.6) is 0 Å². The number of H-pyrrole nitrogens is 1. The predicted molar refractivity (Wildman–Crippen MR) is 97.8 cm³/mol. The van der Waals surface area contributed by atoms with E-state index in [1.165, 1.54) is 18.5 Å². The molecule has 0 fully saturated rings. The zero-order valence-electron chi connectivity index (χ0n) is 13.4. The standard InChI is InChI=1S/C15H17ClFN5O2S/c1-2-5-25(24,7-9-3-4-10(16)11(17)6-9)22-14-12(21-15(22)23)13(18)19-8-20-14/h3-4,6,8,25H,2,5,7H2,1H3,(H,21,23)(H2,18,19,20). The number of hydrogen-bond acceptors (Lipinski definition) is 5. The van der Waals surface area contributed by atoms with Gasteiger partial charge >= 0.3 is 5.69 Å². The summed E-state index contributed by atoms with van der Waals surface area (Å²) in [7, 11) is -3.27. The molecule has 25 heavy (non-hydrogen) atoms. The molecule has 0 spiro atoms. The molecule has 0 atom stereocenters. The smallest absolute Gasteiger partial charge is 0.338 e. The highest BCUT2D eigenvalue weighted by atomic mass is 35.5. The number of anilines is 1. The third-order valence-corrected chi connectivity index (χ3v) is 7.24. The van der Waals surface area contributed by atoms with Crippen LogP contribution < -0.4 is 11.4 Å². The summed E-state index contributed by atoms with van der Waals surface area (Å²) in [5, 5.41) is -0.0150. The zero-order valence-corrected chi connectivity index (χ0v) is 15.0. The lowest BCUT2D eigenvalue weighted by atomic mass is 10.2. The Morgan fingerprint density at radius 3 is 2.84 bits per heavy atom. The minimum Gasteiger partial charge on any atom is -0.382 e. The van der Waals surface area contributed by atoms with E-state index in [2.05, 4.69) is 15.0 Å². The van der Waals surface area contributed by atoms with Gasteiger partial charge in [-0.1, -0.05) is 24.6 Å². The maximum absolute atomic E-state index is 13.7. The number of nitrogen functional groups attached to an aromatic ring is 1. The lowest BCUT2D eigenvalue weighted by Crippen LogP contribution is -2.35. The summed E-state index contributed by atoms with van der Waals surface area (Å²) in [6.45, 7) is 1.86. The van der Waals surface area contributed by atoms with Crippen molar-refractivity contribution in [3.63, 3.8) is 0 Å². The van der Waals surface area contributed by atoms with Crippen LogP contribution in [0, 0.1) is 5.82 Å². The van der Waals surface area contributed by atoms with Crippen molar-refractivity contribution in [2.75, 3.05) is 11.5 Å². The van der Waals surface area contributed by atoms with Crippen molar-refractivity contribution in [2.45, 2.75) is 19.1 Å². The van der Waals surface area contributed by atoms with Crippen molar-refractivity contribution in [3.8, 4) is 0 Å². The van der Waals surface area contributed by atoms with Gasteiger partial charge < -0.3 is 10.7 Å². The molecule has 0 aliphatic rings. The molecule has 1 aromatic carbocycles. The van der Waals surface area contributed by atoms with Crippen LogP contribution in [0.2, 0.25) is 5.02 Å². The molecule has 0 saturated heterocycles. The number of thiol groups is 1. The summed E-state index contributed by atoms with van der Waals surface area (Å²) in [6.07, 6.45) is 1.78. The number of rotatable bonds is 5. The molecule has 0 amide bonds. The molecule has 10 heteroatoms. The van der Waals surface area contributed by atoms with E-state index in [9.17, 15) is 13.4 Å². The SMILES string of the molecule is CCC[SH](=O)(Cc1ccc(Cl)c(F)c1)n1c(=O)[nH]c2c(N)ncnc21. The van der Waals surface area contributed by atoms with Crippen LogP contribution in [-0.2, 0) is 15.9 Å². The number of fused-ring (bicyclic) bond motifs is 1. The average Bonchev–Trinajstić information content (AvgIpc) is 2.89. The van der Waals surface area contributed by atoms with Crippen molar-refractivity contribution in [2.24, 2.45) is 0 Å². The molecule has 0 bridgehead atoms. The lowest BCUT2D eigenvalue weighted by Gasteiger charge is -2.25. The van der Waals surface area contributed by atoms with Crippen LogP contribution in [0.15, 0.2) is 29.3 Å². The van der Waals surface area contributed by atoms with Crippen molar-refractivity contribution in [1.29, 1.82) is 0 Å². The Bertz CT molecular complexity index is 1050. The number of nitrogens with two attached hydrogens (primary N) is 1. The fourth-order valence-electron chi connectivity index (χ4n) is 2.79. The Hall–Kier alpha value is -2.26. The predicted octanol–water partition coefficient (Wildman–Crippen LogP) is 1.88. The van der Waals surface area contributed by atoms with Gasteiger partial charge in [-0.05, 0) is 34.2 Å². The summed E-state index contributed by atoms with van der Waals surface area (Å²) in [5.74, 6) is -0.235. The fraction of sp³-hybridized carbons (Fsp3) is 0.267. The molecule has 3 rings (SSSR count). The topological polar surface area (TPSA) is 107 Å². The van der Waals surface area contributed by atoms with E-state index in [0.717, 1.165) is 3.97 Å². The van der Waals surface area contributed by atoms with Crippen molar-refractivity contribution >= 4 is 38.7 Å². The Morgan fingerprint density at radius 2 is 2.16 bits per heavy atom. The maximum Gasteiger partial charge on any atom is 0.338 e. The number of aromatic amines is 1. The minimum atomic E-state index is -3.27. The van der Waals surface area contributed by atoms with E-state index in [1.807, 2.05) is 6.92 Å². The Labute approximate surface area is 148 Å². The Balaban J connectivity index is 2.17. The monoisotopic (exact) mass is 385 g/mol. The highest BCUT2D eigenvalue weighted by Gasteiger charge is 2.24. The van der Waals surface area contributed by atoms with E-state index in [-0.39, 0.29) is 33.5 Å². The first-order valence-electron chi connectivity index (χ1n) is 7.60. The Kier molecular flexibility index (Phi) is 4.61. The first-order chi connectivity index (χ1) is 11.9. The van der Waals surface area contributed by atoms with E-state index < -0.39 is 21.6 Å². The summed E-state index contributed by atoms with van der Waals surface area (Å²) in [6, 6.07) is 4.23. The van der Waals surface area contributed by atoms with Gasteiger partial charge in [-0.25, -0.2) is 23.1 Å². The van der Waals surface area contributed by atoms with Gasteiger partial charge in [0, 0.05) is 11.5 Å². The van der Waals surface area contributed by atoms with E-state index in [4.69, 9.17) is 17.3 Å². The second-order valence-corrected chi connectivity index (χ2v) is 8.94. The third-order valence-electron chi connectivity index (χ3n) is 3.83. The summed E-state index contributed by atoms with van der Waals surface area (Å²) in [4.78, 5) is 22.9. The van der Waals surface area contributed by atoms with E-state index >= 15 is 0 Å². The number of aromatic nitrogens is 4. The van der Waals surface area contributed by atoms with Crippen molar-refractivity contribution in [3.05, 3.63) is 51.4 Å². The molecule has 7 nitrogen and oxygen atoms in total. The van der Waals surface area contributed by atoms with Crippen LogP contribution in [0.1, 0.15) is 18.9 Å². The molecular weight excluding hydrogens is 369 g/mol. The summed E-state index contributed by atoms with van der Waals surface area (Å²) >= 11 is 5.70. The third kappa shape index (κ3) is 3.16. The molecule has 3 aromatic rings. The number of halogens is 2. The summed E-state index contributed by atoms with van der Waals surface area (Å²) in [5.41, 5.74) is 6.09. The van der Waals surface area contributed by atoms with Gasteiger partial charge in [0.25, 0.3) is 0 Å². The second kappa shape index (κ2) is 6.57. The van der Waals surface area contributed by atoms with Gasteiger partial charge in [-0.2, -0.15) is 0 Å². The van der Waals surface area contributed by atoms with Gasteiger partial charge in [0.15, 0.2) is 11.5 Å². The zero-order chi connectivity index (χ0) is 18.2. The maximum atomic E-state index is 13.7. The molecule has 134 valence electrons. The normalized spacial score (nSPS) is 12.6. The van der Waals surface area contributed by atoms with Crippen LogP contribution >= 0.6 is 11.6 Å². The highest BCUT2D eigenvalue weighted by Crippen LogP contribution is 2.24. The molecular formula is C15H17ClFN5O2S. The highest BCUT2D eigenvalue weighted by molar-refractivity contribution is 8.01. The quantitative estimate of drug-likeness (QED) is 0.581. The number of imidazole rings is 1. The Morgan fingerprint density at radius 1 is 1.40 bits per heavy atom. The number of nitrogens with zero attached hydrogens (tertiary/aromatic N) is 3. The number of benzene rings is 1. The van der Waals surface area contributed by atoms with E-state index in [1.54, 1.807) is 6.07 Å². The second-order valence-electron chi connectivity index (χ2n) is 5.68. The van der Waals surface area contributed by atoms with Gasteiger partial charge in [0.05, 0.1) is 5.02 Å². The average molecular weight is 386 g/mol. The number of hydrogen-bond donors (Lipinski definition) is 3. The van der Waals surface area contributed by atoms with Crippen LogP contribution in [-0.4, -0.2) is 28.9 Å². The fourth-order valence-corrected chi connectivity index (χ4v) is 5.75. The molecule has 0 aliphatic carbocycles. The van der Waals surface area contributed by atoms with Crippen LogP contribution in [0.25, 0.3) is 11.2 Å². The van der Waals surface area contributed by atoms with Gasteiger partial charge in [-0.3, -0.25) is 4.21 Å². The number of nitrogens with one attached hydrogen (secondary N) is 1. The molecule has 0 saturated carbocycles. The molecule has 0 aliphatic heterocycles. The van der Waals surface area contributed by atoms with Gasteiger partial charge in [0.1, 0.15) is 17.7 Å². The molecule has 0 unspecified atom stereocenters. The van der Waals surface area contributed by atoms with Gasteiger partial charge in [0.2, 0.25) is 0 Å². The van der Waals surface area contributed by atoms with Crippen LogP contribution in [0.4, 0.5) is 10.2 Å². The van der Waals surface area contributed by atoms with Gasteiger partial charge in [-0.15, -0.1) is 0 Å². The molecule has 0 radical (unpaired) electrons. The lowest BCUT2D eigenvalue weighted by molar-refractivity contribution is 0.626. The molecule has 3 N–H and O–H groups in total. The minimum absolute atomic E-state index is 0.00565. The van der Waals surface area contributed by atoms with Crippen LogP contribution in [0.3, 0.4) is 0 Å². The molecule has 2 aromatic heterocycles. The summed E-state index contributed by atoms with van der Waals surface area (Å²) < 4.78 is 28.6. The van der Waals surface area contributed by atoms with Crippen molar-refractivity contribution < 1.29 is 8.60 Å². The largest absolute Gasteiger partial charge is 0.382 e.